The summed E-state index contributed by atoms with van der Waals surface area (Å²) < 4.78 is 22.4. The molecule has 3 N–H and O–H groups in total. The monoisotopic (exact) mass is 311 g/mol. The summed E-state index contributed by atoms with van der Waals surface area (Å²) in [5.41, 5.74) is 0.538. The first kappa shape index (κ1) is 14.6. The van der Waals surface area contributed by atoms with E-state index in [0.717, 1.165) is 16.2 Å². The van der Waals surface area contributed by atoms with Gasteiger partial charge in [-0.1, -0.05) is 0 Å². The largest absolute Gasteiger partial charge is 0.352 e. The highest BCUT2D eigenvalue weighted by Crippen LogP contribution is 2.20. The molecule has 8 heteroatoms. The van der Waals surface area contributed by atoms with E-state index in [2.05, 4.69) is 10.3 Å². The smallest absolute Gasteiger partial charge is 0.251 e. The zero-order valence-corrected chi connectivity index (χ0v) is 12.1. The van der Waals surface area contributed by atoms with Crippen molar-refractivity contribution in [3.05, 3.63) is 47.1 Å². The maximum atomic E-state index is 11.7. The van der Waals surface area contributed by atoms with E-state index in [1.807, 2.05) is 0 Å². The fraction of sp³-hybridized carbons (Fsp3) is 0.167. The minimum absolute atomic E-state index is 0.132. The van der Waals surface area contributed by atoms with Crippen LogP contribution in [0.3, 0.4) is 0 Å². The molecular formula is C12H13N3O3S2. The van der Waals surface area contributed by atoms with E-state index >= 15 is 0 Å². The van der Waals surface area contributed by atoms with Gasteiger partial charge in [-0.3, -0.25) is 9.78 Å². The molecule has 0 aromatic carbocycles. The number of hydrogen-bond donors (Lipinski definition) is 2. The molecule has 1 amide bonds. The van der Waals surface area contributed by atoms with E-state index in [-0.39, 0.29) is 10.1 Å². The second kappa shape index (κ2) is 6.12. The van der Waals surface area contributed by atoms with Gasteiger partial charge < -0.3 is 5.32 Å². The predicted molar refractivity (Wildman–Crippen MR) is 76.0 cm³/mol. The number of thiophene rings is 1. The SMILES string of the molecule is NS(=O)(=O)c1ccc(CCNC(=O)c2ccncc2)s1. The van der Waals surface area contributed by atoms with Gasteiger partial charge in [-0.25, -0.2) is 13.6 Å². The molecule has 2 rings (SSSR count). The number of carbonyl (C=O) groups is 1. The van der Waals surface area contributed by atoms with Crippen LogP contribution >= 0.6 is 11.3 Å². The molecule has 2 heterocycles. The van der Waals surface area contributed by atoms with Crippen LogP contribution in [0.2, 0.25) is 0 Å². The number of hydrogen-bond acceptors (Lipinski definition) is 5. The van der Waals surface area contributed by atoms with Crippen LogP contribution in [0.5, 0.6) is 0 Å². The summed E-state index contributed by atoms with van der Waals surface area (Å²) in [6, 6.07) is 6.42. The first-order valence-corrected chi connectivity index (χ1v) is 8.13. The van der Waals surface area contributed by atoms with Gasteiger partial charge in [-0.05, 0) is 30.7 Å². The lowest BCUT2D eigenvalue weighted by Gasteiger charge is -2.03. The van der Waals surface area contributed by atoms with Crippen LogP contribution in [-0.2, 0) is 16.4 Å². The number of rotatable bonds is 5. The van der Waals surface area contributed by atoms with Gasteiger partial charge in [-0.15, -0.1) is 11.3 Å². The van der Waals surface area contributed by atoms with Gasteiger partial charge in [0.25, 0.3) is 5.91 Å². The molecule has 0 saturated heterocycles. The number of nitrogens with one attached hydrogen (secondary N) is 1. The van der Waals surface area contributed by atoms with Crippen LogP contribution < -0.4 is 10.5 Å². The Hall–Kier alpha value is -1.77. The van der Waals surface area contributed by atoms with Crippen molar-refractivity contribution in [3.8, 4) is 0 Å². The van der Waals surface area contributed by atoms with E-state index in [0.29, 0.717) is 18.5 Å². The highest BCUT2D eigenvalue weighted by molar-refractivity contribution is 7.91. The number of amides is 1. The van der Waals surface area contributed by atoms with E-state index in [4.69, 9.17) is 5.14 Å². The topological polar surface area (TPSA) is 102 Å². The lowest BCUT2D eigenvalue weighted by atomic mass is 10.2. The van der Waals surface area contributed by atoms with Gasteiger partial charge >= 0.3 is 0 Å². The van der Waals surface area contributed by atoms with Crippen molar-refractivity contribution in [1.82, 2.24) is 10.3 Å². The van der Waals surface area contributed by atoms with Crippen molar-refractivity contribution in [2.24, 2.45) is 5.14 Å². The van der Waals surface area contributed by atoms with Crippen LogP contribution in [0.25, 0.3) is 0 Å². The summed E-state index contributed by atoms with van der Waals surface area (Å²) in [5, 5.41) is 7.78. The van der Waals surface area contributed by atoms with Gasteiger partial charge in [0, 0.05) is 29.4 Å². The molecule has 0 aliphatic carbocycles. The van der Waals surface area contributed by atoms with Gasteiger partial charge in [0.2, 0.25) is 10.0 Å². The molecule has 0 spiro atoms. The van der Waals surface area contributed by atoms with Gasteiger partial charge in [0.05, 0.1) is 0 Å². The number of nitrogens with zero attached hydrogens (tertiary/aromatic N) is 1. The average molecular weight is 311 g/mol. The van der Waals surface area contributed by atoms with Crippen molar-refractivity contribution in [3.63, 3.8) is 0 Å². The molecule has 0 radical (unpaired) electrons. The van der Waals surface area contributed by atoms with Gasteiger partial charge in [0.15, 0.2) is 0 Å². The molecule has 6 nitrogen and oxygen atoms in total. The summed E-state index contributed by atoms with van der Waals surface area (Å²) in [5.74, 6) is -0.185. The van der Waals surface area contributed by atoms with Gasteiger partial charge in [0.1, 0.15) is 4.21 Å². The summed E-state index contributed by atoms with van der Waals surface area (Å²) >= 11 is 1.11. The minimum Gasteiger partial charge on any atom is -0.352 e. The average Bonchev–Trinajstić information content (AvgIpc) is 2.88. The molecule has 0 saturated carbocycles. The summed E-state index contributed by atoms with van der Waals surface area (Å²) in [7, 11) is -3.64. The number of sulfonamides is 1. The van der Waals surface area contributed by atoms with E-state index < -0.39 is 10.0 Å². The quantitative estimate of drug-likeness (QED) is 0.851. The lowest BCUT2D eigenvalue weighted by molar-refractivity contribution is 0.0954. The Balaban J connectivity index is 1.88. The van der Waals surface area contributed by atoms with E-state index in [1.54, 1.807) is 30.6 Å². The molecule has 0 bridgehead atoms. The lowest BCUT2D eigenvalue weighted by Crippen LogP contribution is -2.25. The number of aromatic nitrogens is 1. The maximum absolute atomic E-state index is 11.7. The Bertz CT molecular complexity index is 696. The Labute approximate surface area is 120 Å². The van der Waals surface area contributed by atoms with Gasteiger partial charge in [-0.2, -0.15) is 0 Å². The normalized spacial score (nSPS) is 11.2. The Morgan fingerprint density at radius 3 is 2.55 bits per heavy atom. The van der Waals surface area contributed by atoms with Crippen LogP contribution in [0.4, 0.5) is 0 Å². The predicted octanol–water partition coefficient (Wildman–Crippen LogP) is 0.763. The van der Waals surface area contributed by atoms with Crippen LogP contribution in [0.15, 0.2) is 40.9 Å². The maximum Gasteiger partial charge on any atom is 0.251 e. The molecule has 0 aliphatic heterocycles. The third kappa shape index (κ3) is 3.86. The highest BCUT2D eigenvalue weighted by Gasteiger charge is 2.11. The number of primary sulfonamides is 1. The van der Waals surface area contributed by atoms with Crippen molar-refractivity contribution < 1.29 is 13.2 Å². The zero-order chi connectivity index (χ0) is 14.6. The summed E-state index contributed by atoms with van der Waals surface area (Å²) in [6.07, 6.45) is 3.65. The second-order valence-corrected chi connectivity index (χ2v) is 6.96. The number of carbonyl (C=O) groups excluding carboxylic acids is 1. The molecule has 20 heavy (non-hydrogen) atoms. The molecule has 0 unspecified atom stereocenters. The van der Waals surface area contributed by atoms with Crippen LogP contribution in [0.1, 0.15) is 15.2 Å². The molecule has 0 fully saturated rings. The highest BCUT2D eigenvalue weighted by atomic mass is 32.2. The molecule has 2 aromatic rings. The number of nitrogens with two attached hydrogens (primary N) is 1. The fourth-order valence-corrected chi connectivity index (χ4v) is 3.33. The first-order chi connectivity index (χ1) is 9.47. The third-order valence-electron chi connectivity index (χ3n) is 2.52. The fourth-order valence-electron chi connectivity index (χ4n) is 1.55. The van der Waals surface area contributed by atoms with Crippen molar-refractivity contribution in [2.75, 3.05) is 6.54 Å². The van der Waals surface area contributed by atoms with Crippen LogP contribution in [0, 0.1) is 0 Å². The summed E-state index contributed by atoms with van der Waals surface area (Å²) in [6.45, 7) is 0.422. The molecular weight excluding hydrogens is 298 g/mol. The number of pyridine rings is 1. The van der Waals surface area contributed by atoms with Crippen molar-refractivity contribution in [2.45, 2.75) is 10.6 Å². The van der Waals surface area contributed by atoms with E-state index in [1.165, 1.54) is 6.07 Å². The van der Waals surface area contributed by atoms with Crippen LogP contribution in [-0.4, -0.2) is 25.9 Å². The zero-order valence-electron chi connectivity index (χ0n) is 10.4. The third-order valence-corrected chi connectivity index (χ3v) is 5.10. The Morgan fingerprint density at radius 1 is 1.25 bits per heavy atom. The summed E-state index contributed by atoms with van der Waals surface area (Å²) in [4.78, 5) is 16.4. The second-order valence-electron chi connectivity index (χ2n) is 4.01. The molecule has 0 atom stereocenters. The van der Waals surface area contributed by atoms with E-state index in [9.17, 15) is 13.2 Å². The Kier molecular flexibility index (Phi) is 4.48. The first-order valence-electron chi connectivity index (χ1n) is 5.76. The molecule has 2 aromatic heterocycles. The minimum atomic E-state index is -3.64. The van der Waals surface area contributed by atoms with Crippen molar-refractivity contribution >= 4 is 27.3 Å². The molecule has 0 aliphatic rings. The Morgan fingerprint density at radius 2 is 1.95 bits per heavy atom. The standard InChI is InChI=1S/C12H13N3O3S2/c13-20(17,18)11-2-1-10(19-11)5-8-15-12(16)9-3-6-14-7-4-9/h1-4,6-7H,5,8H2,(H,15,16)(H2,13,17,18). The molecule has 106 valence electrons. The van der Waals surface area contributed by atoms with Crippen molar-refractivity contribution in [1.29, 1.82) is 0 Å².